The molecule has 2 heterocycles. The number of aryl methyl sites for hydroxylation is 1. The lowest BCUT2D eigenvalue weighted by molar-refractivity contribution is -0.114. The van der Waals surface area contributed by atoms with Crippen LogP contribution in [0.3, 0.4) is 0 Å². The predicted octanol–water partition coefficient (Wildman–Crippen LogP) is 2.77. The van der Waals surface area contributed by atoms with Gasteiger partial charge in [0.15, 0.2) is 5.13 Å². The van der Waals surface area contributed by atoms with E-state index in [-0.39, 0.29) is 19.1 Å². The largest absolute Gasteiger partial charge is 0.755 e. The number of nitrogens with zero attached hydrogens (tertiary/aromatic N) is 3. The zero-order valence-electron chi connectivity index (χ0n) is 19.1. The molecule has 1 unspecified atom stereocenters. The third kappa shape index (κ3) is 7.82. The lowest BCUT2D eigenvalue weighted by atomic mass is 10.1. The summed E-state index contributed by atoms with van der Waals surface area (Å²) in [6.07, 6.45) is 3.71. The summed E-state index contributed by atoms with van der Waals surface area (Å²) in [5, 5.41) is 6.50. The Morgan fingerprint density at radius 3 is 2.66 bits per heavy atom. The third-order valence-corrected chi connectivity index (χ3v) is 6.57. The van der Waals surface area contributed by atoms with Gasteiger partial charge in [-0.2, -0.15) is 0 Å². The first-order chi connectivity index (χ1) is 16.8. The second kappa shape index (κ2) is 12.9. The van der Waals surface area contributed by atoms with Gasteiger partial charge >= 0.3 is 0 Å². The van der Waals surface area contributed by atoms with Crippen molar-refractivity contribution in [1.29, 1.82) is 0 Å². The van der Waals surface area contributed by atoms with E-state index in [2.05, 4.69) is 26.1 Å². The summed E-state index contributed by atoms with van der Waals surface area (Å²) in [7, 11) is 0. The Hall–Kier alpha value is -3.39. The van der Waals surface area contributed by atoms with Gasteiger partial charge in [-0.1, -0.05) is 23.5 Å². The maximum absolute atomic E-state index is 12.6. The molecule has 1 aromatic carbocycles. The van der Waals surface area contributed by atoms with Crippen LogP contribution in [0.25, 0.3) is 0 Å². The topological polar surface area (TPSA) is 149 Å². The Morgan fingerprint density at radius 2 is 1.94 bits per heavy atom. The summed E-state index contributed by atoms with van der Waals surface area (Å²) in [5.41, 5.74) is 4.96. The molecule has 3 aromatic rings. The summed E-state index contributed by atoms with van der Waals surface area (Å²) in [6, 6.07) is 10.8. The van der Waals surface area contributed by atoms with E-state index < -0.39 is 17.2 Å². The van der Waals surface area contributed by atoms with Crippen molar-refractivity contribution in [2.24, 2.45) is 0 Å². The minimum atomic E-state index is -2.54. The molecular weight excluding hydrogens is 492 g/mol. The molecular formula is C22H25N6O5S2-. The standard InChI is InChI=1S/C22H26N6O5S2/c1-15-21(34-22(25-15)26-16(2)29)28(35(31)32)12-5-13-33-27-20(30)18-6-3-4-7-19(18)24-14-17-8-10-23-11-9-17/h3-4,6-11,24H,5,12-14H2,1-2H3,(H,27,30)(H,31,32)(H,25,26,29)/p-1. The van der Waals surface area contributed by atoms with Crippen LogP contribution < -0.4 is 20.4 Å². The summed E-state index contributed by atoms with van der Waals surface area (Å²) in [4.78, 5) is 37.3. The molecule has 2 aromatic heterocycles. The van der Waals surface area contributed by atoms with E-state index >= 15 is 0 Å². The number of hydrogen-bond acceptors (Lipinski definition) is 9. The van der Waals surface area contributed by atoms with Crippen molar-refractivity contribution < 1.29 is 23.2 Å². The number of amides is 2. The second-order valence-electron chi connectivity index (χ2n) is 7.30. The van der Waals surface area contributed by atoms with E-state index in [1.807, 2.05) is 18.2 Å². The van der Waals surface area contributed by atoms with E-state index in [0.717, 1.165) is 21.2 Å². The van der Waals surface area contributed by atoms with Gasteiger partial charge < -0.3 is 15.2 Å². The summed E-state index contributed by atoms with van der Waals surface area (Å²) < 4.78 is 24.6. The van der Waals surface area contributed by atoms with Crippen LogP contribution in [0.15, 0.2) is 48.8 Å². The molecule has 0 fully saturated rings. The molecule has 0 radical (unpaired) electrons. The molecule has 35 heavy (non-hydrogen) atoms. The van der Waals surface area contributed by atoms with Crippen LogP contribution in [0.5, 0.6) is 0 Å². The average molecular weight is 518 g/mol. The Balaban J connectivity index is 1.50. The van der Waals surface area contributed by atoms with Gasteiger partial charge in [-0.25, -0.2) is 10.5 Å². The molecule has 0 spiro atoms. The molecule has 13 heteroatoms. The summed E-state index contributed by atoms with van der Waals surface area (Å²) in [5.74, 6) is -0.719. The first kappa shape index (κ1) is 26.2. The molecule has 0 aliphatic rings. The highest BCUT2D eigenvalue weighted by molar-refractivity contribution is 7.81. The van der Waals surface area contributed by atoms with Gasteiger partial charge in [-0.15, -0.1) is 0 Å². The Kier molecular flexibility index (Phi) is 9.66. The monoisotopic (exact) mass is 517 g/mol. The molecule has 186 valence electrons. The summed E-state index contributed by atoms with van der Waals surface area (Å²) in [6.45, 7) is 3.73. The average Bonchev–Trinajstić information content (AvgIpc) is 3.19. The Bertz CT molecular complexity index is 1170. The van der Waals surface area contributed by atoms with Crippen LogP contribution in [0, 0.1) is 6.92 Å². The fourth-order valence-electron chi connectivity index (χ4n) is 3.05. The van der Waals surface area contributed by atoms with E-state index in [9.17, 15) is 18.4 Å². The number of hydrogen-bond donors (Lipinski definition) is 3. The van der Waals surface area contributed by atoms with Crippen LogP contribution >= 0.6 is 11.3 Å². The molecule has 0 bridgehead atoms. The van der Waals surface area contributed by atoms with Gasteiger partial charge in [0.05, 0.1) is 17.9 Å². The van der Waals surface area contributed by atoms with Crippen molar-refractivity contribution in [3.63, 3.8) is 0 Å². The minimum absolute atomic E-state index is 0.0858. The zero-order chi connectivity index (χ0) is 25.2. The van der Waals surface area contributed by atoms with E-state index in [4.69, 9.17) is 4.84 Å². The third-order valence-electron chi connectivity index (χ3n) is 4.64. The van der Waals surface area contributed by atoms with Gasteiger partial charge in [0.25, 0.3) is 5.91 Å². The highest BCUT2D eigenvalue weighted by Gasteiger charge is 2.17. The minimum Gasteiger partial charge on any atom is -0.755 e. The lowest BCUT2D eigenvalue weighted by Crippen LogP contribution is -2.29. The van der Waals surface area contributed by atoms with Crippen molar-refractivity contribution in [2.75, 3.05) is 28.1 Å². The molecule has 0 aliphatic carbocycles. The highest BCUT2D eigenvalue weighted by atomic mass is 32.2. The first-order valence-electron chi connectivity index (χ1n) is 10.6. The highest BCUT2D eigenvalue weighted by Crippen LogP contribution is 2.32. The molecule has 3 N–H and O–H groups in total. The van der Waals surface area contributed by atoms with Crippen molar-refractivity contribution >= 4 is 50.2 Å². The van der Waals surface area contributed by atoms with E-state index in [1.54, 1.807) is 37.5 Å². The van der Waals surface area contributed by atoms with Crippen LogP contribution in [-0.2, 0) is 27.4 Å². The van der Waals surface area contributed by atoms with E-state index in [1.165, 1.54) is 6.92 Å². The van der Waals surface area contributed by atoms with Gasteiger partial charge in [0, 0.05) is 49.4 Å². The maximum Gasteiger partial charge on any atom is 0.276 e. The number of carbonyl (C=O) groups is 2. The smallest absolute Gasteiger partial charge is 0.276 e. The van der Waals surface area contributed by atoms with Crippen molar-refractivity contribution in [3.05, 3.63) is 65.6 Å². The van der Waals surface area contributed by atoms with Crippen LogP contribution in [-0.4, -0.2) is 43.7 Å². The maximum atomic E-state index is 12.6. The quantitative estimate of drug-likeness (QED) is 0.189. The van der Waals surface area contributed by atoms with Crippen LogP contribution in [0.1, 0.15) is 35.0 Å². The number of nitrogens with one attached hydrogen (secondary N) is 3. The molecule has 0 aliphatic heterocycles. The number of pyridine rings is 1. The molecule has 1 atom stereocenters. The number of para-hydroxylation sites is 1. The molecule has 2 amide bonds. The predicted molar refractivity (Wildman–Crippen MR) is 133 cm³/mol. The van der Waals surface area contributed by atoms with Gasteiger partial charge in [0.1, 0.15) is 5.00 Å². The number of aromatic nitrogens is 2. The second-order valence-corrected chi connectivity index (χ2v) is 9.15. The Morgan fingerprint density at radius 1 is 1.20 bits per heavy atom. The molecule has 0 saturated carbocycles. The van der Waals surface area contributed by atoms with Crippen molar-refractivity contribution in [3.8, 4) is 0 Å². The SMILES string of the molecule is CC(=O)Nc1nc(C)c(N(CCCONC(=O)c2ccccc2NCc2ccncc2)S(=O)[O-])s1. The normalized spacial score (nSPS) is 11.5. The fraction of sp³-hybridized carbons (Fsp3) is 0.273. The van der Waals surface area contributed by atoms with Gasteiger partial charge in [-0.05, 0) is 43.2 Å². The zero-order valence-corrected chi connectivity index (χ0v) is 20.8. The Labute approximate surface area is 209 Å². The van der Waals surface area contributed by atoms with Gasteiger partial charge in [0.2, 0.25) is 5.91 Å². The molecule has 3 rings (SSSR count). The van der Waals surface area contributed by atoms with E-state index in [0.29, 0.717) is 40.0 Å². The van der Waals surface area contributed by atoms with Crippen LogP contribution in [0.2, 0.25) is 0 Å². The number of anilines is 3. The number of carbonyl (C=O) groups excluding carboxylic acids is 2. The van der Waals surface area contributed by atoms with Crippen LogP contribution in [0.4, 0.5) is 15.8 Å². The lowest BCUT2D eigenvalue weighted by Gasteiger charge is -2.25. The number of benzene rings is 1. The first-order valence-corrected chi connectivity index (χ1v) is 12.5. The number of hydroxylamine groups is 1. The fourth-order valence-corrected chi connectivity index (χ4v) is 4.84. The van der Waals surface area contributed by atoms with Crippen molar-refractivity contribution in [2.45, 2.75) is 26.8 Å². The summed E-state index contributed by atoms with van der Waals surface area (Å²) >= 11 is -1.48. The molecule has 0 saturated heterocycles. The van der Waals surface area contributed by atoms with Gasteiger partial charge in [-0.3, -0.25) is 27.9 Å². The number of rotatable bonds is 12. The number of thiazole rings is 1. The molecule has 11 nitrogen and oxygen atoms in total. The van der Waals surface area contributed by atoms with Crippen molar-refractivity contribution in [1.82, 2.24) is 15.4 Å².